The molecule has 0 amide bonds. The number of methoxy groups -OCH3 is 1. The molecule has 164 valence electrons. The minimum Gasteiger partial charge on any atom is -0.508 e. The van der Waals surface area contributed by atoms with Gasteiger partial charge in [0.25, 0.3) is 0 Å². The summed E-state index contributed by atoms with van der Waals surface area (Å²) in [5.74, 6) is -0.127. The minimum absolute atomic E-state index is 0.129. The van der Waals surface area contributed by atoms with Gasteiger partial charge in [-0.2, -0.15) is 0 Å². The van der Waals surface area contributed by atoms with Gasteiger partial charge in [-0.25, -0.2) is 4.79 Å². The van der Waals surface area contributed by atoms with E-state index in [2.05, 4.69) is 52.4 Å². The normalized spacial score (nSPS) is 18.2. The molecule has 1 aliphatic rings. The van der Waals surface area contributed by atoms with Crippen molar-refractivity contribution in [2.45, 2.75) is 32.0 Å². The molecule has 4 rings (SSSR count). The van der Waals surface area contributed by atoms with Crippen molar-refractivity contribution in [1.29, 1.82) is 0 Å². The van der Waals surface area contributed by atoms with Gasteiger partial charge in [-0.05, 0) is 53.4 Å². The number of ether oxygens (including phenoxy) is 1. The Balaban J connectivity index is 1.72. The molecule has 1 aliphatic heterocycles. The maximum atomic E-state index is 11.8. The first-order valence-electron chi connectivity index (χ1n) is 10.6. The second-order valence-corrected chi connectivity index (χ2v) is 8.68. The Morgan fingerprint density at radius 3 is 2.50 bits per heavy atom. The quantitative estimate of drug-likeness (QED) is 0.446. The Morgan fingerprint density at radius 1 is 1.12 bits per heavy atom. The van der Waals surface area contributed by atoms with Crippen molar-refractivity contribution in [2.24, 2.45) is 4.99 Å². The molecule has 0 aliphatic carbocycles. The molecule has 3 aromatic carbocycles. The number of esters is 1. The van der Waals surface area contributed by atoms with E-state index < -0.39 is 0 Å². The zero-order chi connectivity index (χ0) is 22.7. The van der Waals surface area contributed by atoms with E-state index in [0.29, 0.717) is 12.0 Å². The molecule has 2 N–H and O–H groups in total. The van der Waals surface area contributed by atoms with Gasteiger partial charge in [0, 0.05) is 28.2 Å². The summed E-state index contributed by atoms with van der Waals surface area (Å²) >= 11 is 3.51. The molecular weight excluding hydrogens is 468 g/mol. The van der Waals surface area contributed by atoms with E-state index in [-0.39, 0.29) is 23.9 Å². The number of aromatic hydroxyl groups is 1. The Morgan fingerprint density at radius 2 is 1.84 bits per heavy atom. The molecule has 5 nitrogen and oxygen atoms in total. The van der Waals surface area contributed by atoms with Gasteiger partial charge in [0.2, 0.25) is 0 Å². The maximum Gasteiger partial charge on any atom is 0.337 e. The number of aryl methyl sites for hydroxylation is 1. The van der Waals surface area contributed by atoms with Crippen molar-refractivity contribution >= 4 is 27.6 Å². The van der Waals surface area contributed by atoms with Crippen molar-refractivity contribution in [1.82, 2.24) is 5.32 Å². The first-order chi connectivity index (χ1) is 15.5. The molecule has 6 heteroatoms. The number of nitrogens with one attached hydrogen (secondary N) is 1. The van der Waals surface area contributed by atoms with E-state index >= 15 is 0 Å². The number of nitrogens with zero attached hydrogens (tertiary/aromatic N) is 1. The van der Waals surface area contributed by atoms with Gasteiger partial charge in [0.05, 0.1) is 12.7 Å². The monoisotopic (exact) mass is 492 g/mol. The summed E-state index contributed by atoms with van der Waals surface area (Å²) in [6.07, 6.45) is 1.31. The summed E-state index contributed by atoms with van der Waals surface area (Å²) in [7, 11) is 1.37. The second kappa shape index (κ2) is 9.67. The van der Waals surface area contributed by atoms with Crippen LogP contribution in [0.4, 0.5) is 0 Å². The van der Waals surface area contributed by atoms with Crippen molar-refractivity contribution < 1.29 is 14.6 Å². The van der Waals surface area contributed by atoms with Crippen LogP contribution in [0.3, 0.4) is 0 Å². The molecule has 32 heavy (non-hydrogen) atoms. The van der Waals surface area contributed by atoms with Crippen LogP contribution in [0.1, 0.15) is 58.2 Å². The lowest BCUT2D eigenvalue weighted by Crippen LogP contribution is -2.33. The molecule has 2 atom stereocenters. The van der Waals surface area contributed by atoms with E-state index in [9.17, 15) is 9.90 Å². The molecule has 0 unspecified atom stereocenters. The Hall–Kier alpha value is -2.96. The fourth-order valence-electron chi connectivity index (χ4n) is 3.91. The maximum absolute atomic E-state index is 11.8. The fraction of sp³-hybridized carbons (Fsp3) is 0.231. The van der Waals surface area contributed by atoms with Crippen LogP contribution in [0.15, 0.2) is 76.2 Å². The summed E-state index contributed by atoms with van der Waals surface area (Å²) < 4.78 is 5.71. The van der Waals surface area contributed by atoms with Gasteiger partial charge in [0.15, 0.2) is 0 Å². The smallest absolute Gasteiger partial charge is 0.337 e. The number of phenols is 1. The zero-order valence-corrected chi connectivity index (χ0v) is 19.6. The standard InChI is InChI=1S/C26H25BrN2O3/c1-3-16-4-6-17(7-5-16)22-15-23(21-14-20(27)12-13-24(21)30)29-25(28-22)18-8-10-19(11-9-18)26(31)32-2/h4-14,23,25,29-30H,3,15H2,1-2H3/t23-,25-/m0/s1. The van der Waals surface area contributed by atoms with Gasteiger partial charge >= 0.3 is 5.97 Å². The lowest BCUT2D eigenvalue weighted by atomic mass is 9.93. The molecule has 0 bridgehead atoms. The number of halogens is 1. The van der Waals surface area contributed by atoms with Crippen LogP contribution >= 0.6 is 15.9 Å². The van der Waals surface area contributed by atoms with Crippen molar-refractivity contribution in [3.63, 3.8) is 0 Å². The van der Waals surface area contributed by atoms with Crippen molar-refractivity contribution in [3.8, 4) is 5.75 Å². The fourth-order valence-corrected chi connectivity index (χ4v) is 4.29. The van der Waals surface area contributed by atoms with Crippen LogP contribution in [0.2, 0.25) is 0 Å². The third kappa shape index (κ3) is 4.76. The van der Waals surface area contributed by atoms with E-state index in [4.69, 9.17) is 9.73 Å². The van der Waals surface area contributed by atoms with E-state index in [1.165, 1.54) is 12.7 Å². The molecule has 1 heterocycles. The van der Waals surface area contributed by atoms with Crippen LogP contribution in [0.5, 0.6) is 5.75 Å². The third-order valence-electron chi connectivity index (χ3n) is 5.75. The minimum atomic E-state index is -0.370. The highest BCUT2D eigenvalue weighted by atomic mass is 79.9. The van der Waals surface area contributed by atoms with Crippen molar-refractivity contribution in [2.75, 3.05) is 7.11 Å². The van der Waals surface area contributed by atoms with Crippen LogP contribution < -0.4 is 5.32 Å². The number of aliphatic imine (C=N–C) groups is 1. The summed E-state index contributed by atoms with van der Waals surface area (Å²) in [5.41, 5.74) is 5.55. The van der Waals surface area contributed by atoms with Crippen LogP contribution in [0, 0.1) is 0 Å². The summed E-state index contributed by atoms with van der Waals surface area (Å²) in [5, 5.41) is 14.1. The Kier molecular flexibility index (Phi) is 6.72. The van der Waals surface area contributed by atoms with Crippen LogP contribution in [-0.2, 0) is 11.2 Å². The zero-order valence-electron chi connectivity index (χ0n) is 18.0. The van der Waals surface area contributed by atoms with Gasteiger partial charge in [-0.3, -0.25) is 10.3 Å². The highest BCUT2D eigenvalue weighted by molar-refractivity contribution is 9.10. The van der Waals surface area contributed by atoms with Gasteiger partial charge in [0.1, 0.15) is 11.9 Å². The number of benzene rings is 3. The average Bonchev–Trinajstić information content (AvgIpc) is 2.85. The van der Waals surface area contributed by atoms with Gasteiger partial charge in [-0.1, -0.05) is 59.3 Å². The molecule has 0 saturated carbocycles. The molecule has 3 aromatic rings. The van der Waals surface area contributed by atoms with Gasteiger partial charge in [-0.15, -0.1) is 0 Å². The predicted molar refractivity (Wildman–Crippen MR) is 129 cm³/mol. The summed E-state index contributed by atoms with van der Waals surface area (Å²) in [6, 6.07) is 21.1. The molecule has 0 radical (unpaired) electrons. The summed E-state index contributed by atoms with van der Waals surface area (Å²) in [6.45, 7) is 2.14. The third-order valence-corrected chi connectivity index (χ3v) is 6.24. The largest absolute Gasteiger partial charge is 0.508 e. The first kappa shape index (κ1) is 22.2. The molecular formula is C26H25BrN2O3. The highest BCUT2D eigenvalue weighted by Crippen LogP contribution is 2.36. The number of hydrogen-bond acceptors (Lipinski definition) is 5. The molecule has 0 saturated heterocycles. The molecule has 0 spiro atoms. The van der Waals surface area contributed by atoms with Crippen molar-refractivity contribution in [3.05, 3.63) is 99.0 Å². The number of carbonyl (C=O) groups is 1. The number of hydrogen-bond donors (Lipinski definition) is 2. The predicted octanol–water partition coefficient (Wildman–Crippen LogP) is 5.73. The number of rotatable bonds is 5. The molecule has 0 aromatic heterocycles. The Bertz CT molecular complexity index is 1140. The van der Waals surface area contributed by atoms with Crippen LogP contribution in [-0.4, -0.2) is 23.9 Å². The molecule has 0 fully saturated rings. The first-order valence-corrected chi connectivity index (χ1v) is 11.4. The Labute approximate surface area is 196 Å². The topological polar surface area (TPSA) is 70.9 Å². The summed E-state index contributed by atoms with van der Waals surface area (Å²) in [4.78, 5) is 16.8. The lowest BCUT2D eigenvalue weighted by Gasteiger charge is -2.31. The van der Waals surface area contributed by atoms with E-state index in [1.807, 2.05) is 24.3 Å². The number of carbonyl (C=O) groups excluding carboxylic acids is 1. The highest BCUT2D eigenvalue weighted by Gasteiger charge is 2.28. The lowest BCUT2D eigenvalue weighted by molar-refractivity contribution is 0.0600. The van der Waals surface area contributed by atoms with Crippen LogP contribution in [0.25, 0.3) is 0 Å². The number of phenolic OH excluding ortho intramolecular Hbond substituents is 1. The van der Waals surface area contributed by atoms with Gasteiger partial charge < -0.3 is 9.84 Å². The van der Waals surface area contributed by atoms with E-state index in [1.54, 1.807) is 18.2 Å². The van der Waals surface area contributed by atoms with E-state index in [0.717, 1.165) is 33.3 Å². The second-order valence-electron chi connectivity index (χ2n) is 7.77. The average molecular weight is 493 g/mol. The SMILES string of the molecule is CCc1ccc(C2=N[C@H](c3ccc(C(=O)OC)cc3)N[C@H](c3cc(Br)ccc3O)C2)cc1.